The van der Waals surface area contributed by atoms with Gasteiger partial charge in [-0.3, -0.25) is 0 Å². The molecule has 0 atom stereocenters. The number of carbonyl (C=O) groups excluding carboxylic acids is 1. The molecular weight excluding hydrogens is 330 g/mol. The van der Waals surface area contributed by atoms with E-state index in [2.05, 4.69) is 26.3 Å². The van der Waals surface area contributed by atoms with E-state index in [0.29, 0.717) is 19.7 Å². The first-order chi connectivity index (χ1) is 12.8. The Hall–Kier alpha value is -2.31. The monoisotopic (exact) mass is 359 g/mol. The van der Waals surface area contributed by atoms with Gasteiger partial charge in [0.15, 0.2) is 0 Å². The minimum atomic E-state index is -0.228. The number of ether oxygens (including phenoxy) is 1. The standard InChI is InChI=1S/C19H29N5O2/c1-2-26-19(25)24-12-10-23(11-13-24)18-14-17(21-15-22-18)20-9-8-16-6-4-3-5-7-16/h6,14-15H,2-5,7-13H2,1H3,(H,20,21,22). The zero-order chi connectivity index (χ0) is 18.2. The topological polar surface area (TPSA) is 70.6 Å². The zero-order valence-corrected chi connectivity index (χ0v) is 15.6. The smallest absolute Gasteiger partial charge is 0.409 e. The second-order valence-corrected chi connectivity index (χ2v) is 6.72. The van der Waals surface area contributed by atoms with Crippen LogP contribution < -0.4 is 10.2 Å². The average Bonchev–Trinajstić information content (AvgIpc) is 2.69. The van der Waals surface area contributed by atoms with Crippen molar-refractivity contribution in [3.8, 4) is 0 Å². The summed E-state index contributed by atoms with van der Waals surface area (Å²) in [6.45, 7) is 5.95. The van der Waals surface area contributed by atoms with Crippen molar-refractivity contribution < 1.29 is 9.53 Å². The second-order valence-electron chi connectivity index (χ2n) is 6.72. The number of aromatic nitrogens is 2. The van der Waals surface area contributed by atoms with Crippen molar-refractivity contribution in [3.05, 3.63) is 24.0 Å². The van der Waals surface area contributed by atoms with Crippen LogP contribution in [-0.2, 0) is 4.74 Å². The van der Waals surface area contributed by atoms with Gasteiger partial charge >= 0.3 is 6.09 Å². The van der Waals surface area contributed by atoms with Crippen LogP contribution in [0.4, 0.5) is 16.4 Å². The van der Waals surface area contributed by atoms with E-state index in [1.54, 1.807) is 16.8 Å². The fourth-order valence-corrected chi connectivity index (χ4v) is 3.43. The second kappa shape index (κ2) is 9.40. The predicted molar refractivity (Wildman–Crippen MR) is 102 cm³/mol. The quantitative estimate of drug-likeness (QED) is 0.787. The van der Waals surface area contributed by atoms with E-state index in [4.69, 9.17) is 4.74 Å². The fraction of sp³-hybridized carbons (Fsp3) is 0.632. The maximum atomic E-state index is 11.8. The Balaban J connectivity index is 1.48. The third-order valence-electron chi connectivity index (χ3n) is 4.92. The highest BCUT2D eigenvalue weighted by molar-refractivity contribution is 5.68. The van der Waals surface area contributed by atoms with Crippen LogP contribution in [0.1, 0.15) is 39.0 Å². The van der Waals surface area contributed by atoms with Crippen molar-refractivity contribution in [3.63, 3.8) is 0 Å². The summed E-state index contributed by atoms with van der Waals surface area (Å²) in [5.41, 5.74) is 1.56. The third kappa shape index (κ3) is 5.09. The van der Waals surface area contributed by atoms with Gasteiger partial charge in [-0.05, 0) is 39.0 Å². The van der Waals surface area contributed by atoms with Crippen molar-refractivity contribution in [2.45, 2.75) is 39.0 Å². The molecule has 1 amide bonds. The van der Waals surface area contributed by atoms with Crippen molar-refractivity contribution in [1.29, 1.82) is 0 Å². The van der Waals surface area contributed by atoms with Crippen LogP contribution in [0.15, 0.2) is 24.0 Å². The molecule has 0 unspecified atom stereocenters. The molecule has 1 saturated heterocycles. The molecule has 1 aromatic heterocycles. The number of rotatable bonds is 6. The number of nitrogens with zero attached hydrogens (tertiary/aromatic N) is 4. The van der Waals surface area contributed by atoms with E-state index in [1.165, 1.54) is 25.7 Å². The van der Waals surface area contributed by atoms with E-state index < -0.39 is 0 Å². The van der Waals surface area contributed by atoms with E-state index in [-0.39, 0.29) is 6.09 Å². The fourth-order valence-electron chi connectivity index (χ4n) is 3.43. The molecule has 7 nitrogen and oxygen atoms in total. The van der Waals surface area contributed by atoms with Crippen molar-refractivity contribution in [2.75, 3.05) is 49.5 Å². The number of nitrogens with one attached hydrogen (secondary N) is 1. The summed E-state index contributed by atoms with van der Waals surface area (Å²) >= 11 is 0. The minimum Gasteiger partial charge on any atom is -0.450 e. The molecule has 2 heterocycles. The maximum Gasteiger partial charge on any atom is 0.409 e. The summed E-state index contributed by atoms with van der Waals surface area (Å²) in [7, 11) is 0. The molecule has 3 rings (SSSR count). The van der Waals surface area contributed by atoms with Crippen LogP contribution in [0.2, 0.25) is 0 Å². The summed E-state index contributed by atoms with van der Waals surface area (Å²) in [5.74, 6) is 1.77. The molecule has 7 heteroatoms. The molecule has 0 bridgehead atoms. The lowest BCUT2D eigenvalue weighted by atomic mass is 9.97. The molecule has 0 aromatic carbocycles. The van der Waals surface area contributed by atoms with Crippen LogP contribution in [0, 0.1) is 0 Å². The number of carbonyl (C=O) groups is 1. The van der Waals surface area contributed by atoms with Crippen LogP contribution in [0.5, 0.6) is 0 Å². The van der Waals surface area contributed by atoms with Crippen molar-refractivity contribution in [1.82, 2.24) is 14.9 Å². The van der Waals surface area contributed by atoms with Gasteiger partial charge in [-0.15, -0.1) is 0 Å². The molecule has 142 valence electrons. The van der Waals surface area contributed by atoms with Gasteiger partial charge in [0.25, 0.3) is 0 Å². The SMILES string of the molecule is CCOC(=O)N1CCN(c2cc(NCCC3=CCCCC3)ncn2)CC1. The Morgan fingerprint density at radius 2 is 2.08 bits per heavy atom. The maximum absolute atomic E-state index is 11.8. The van der Waals surface area contributed by atoms with Crippen LogP contribution in [-0.4, -0.2) is 60.3 Å². The molecule has 2 aliphatic rings. The van der Waals surface area contributed by atoms with Crippen LogP contribution in [0.3, 0.4) is 0 Å². The molecule has 1 aliphatic carbocycles. The molecule has 0 saturated carbocycles. The van der Waals surface area contributed by atoms with Gasteiger partial charge < -0.3 is 19.9 Å². The molecule has 0 spiro atoms. The highest BCUT2D eigenvalue weighted by atomic mass is 16.6. The first kappa shape index (κ1) is 18.5. The van der Waals surface area contributed by atoms with Crippen LogP contribution in [0.25, 0.3) is 0 Å². The van der Waals surface area contributed by atoms with Crippen LogP contribution >= 0.6 is 0 Å². The van der Waals surface area contributed by atoms with E-state index in [9.17, 15) is 4.79 Å². The van der Waals surface area contributed by atoms with Gasteiger partial charge in [0.2, 0.25) is 0 Å². The normalized spacial score (nSPS) is 17.7. The first-order valence-corrected chi connectivity index (χ1v) is 9.66. The number of hydrogen-bond acceptors (Lipinski definition) is 6. The highest BCUT2D eigenvalue weighted by Gasteiger charge is 2.22. The number of anilines is 2. The lowest BCUT2D eigenvalue weighted by molar-refractivity contribution is 0.105. The van der Waals surface area contributed by atoms with Gasteiger partial charge in [0, 0.05) is 38.8 Å². The summed E-state index contributed by atoms with van der Waals surface area (Å²) < 4.78 is 5.06. The highest BCUT2D eigenvalue weighted by Crippen LogP contribution is 2.21. The molecule has 1 aliphatic heterocycles. The zero-order valence-electron chi connectivity index (χ0n) is 15.6. The lowest BCUT2D eigenvalue weighted by Gasteiger charge is -2.34. The Morgan fingerprint density at radius 3 is 2.81 bits per heavy atom. The Bertz CT molecular complexity index is 626. The lowest BCUT2D eigenvalue weighted by Crippen LogP contribution is -2.49. The van der Waals surface area contributed by atoms with Gasteiger partial charge in [0.05, 0.1) is 6.61 Å². The van der Waals surface area contributed by atoms with E-state index in [1.807, 2.05) is 13.0 Å². The molecule has 1 aromatic rings. The molecule has 1 N–H and O–H groups in total. The molecular formula is C19H29N5O2. The molecule has 1 fully saturated rings. The number of piperazine rings is 1. The van der Waals surface area contributed by atoms with Gasteiger partial charge in [-0.25, -0.2) is 14.8 Å². The summed E-state index contributed by atoms with van der Waals surface area (Å²) in [5, 5.41) is 3.41. The third-order valence-corrected chi connectivity index (χ3v) is 4.92. The van der Waals surface area contributed by atoms with E-state index >= 15 is 0 Å². The molecule has 26 heavy (non-hydrogen) atoms. The largest absolute Gasteiger partial charge is 0.450 e. The number of allylic oxidation sites excluding steroid dienone is 1. The summed E-state index contributed by atoms with van der Waals surface area (Å²) in [4.78, 5) is 24.5. The Labute approximate surface area is 155 Å². The number of amides is 1. The summed E-state index contributed by atoms with van der Waals surface area (Å²) in [6, 6.07) is 2.00. The minimum absolute atomic E-state index is 0.228. The predicted octanol–water partition coefficient (Wildman–Crippen LogP) is 3.06. The molecule has 0 radical (unpaired) electrons. The Morgan fingerprint density at radius 1 is 1.23 bits per heavy atom. The van der Waals surface area contributed by atoms with Gasteiger partial charge in [-0.1, -0.05) is 11.6 Å². The summed E-state index contributed by atoms with van der Waals surface area (Å²) in [6.07, 6.45) is 9.96. The van der Waals surface area contributed by atoms with E-state index in [0.717, 1.165) is 37.7 Å². The van der Waals surface area contributed by atoms with Gasteiger partial charge in [0.1, 0.15) is 18.0 Å². The van der Waals surface area contributed by atoms with Gasteiger partial charge in [-0.2, -0.15) is 0 Å². The van der Waals surface area contributed by atoms with Crippen molar-refractivity contribution in [2.24, 2.45) is 0 Å². The van der Waals surface area contributed by atoms with Crippen molar-refractivity contribution >= 4 is 17.7 Å². The Kier molecular flexibility index (Phi) is 6.68. The first-order valence-electron chi connectivity index (χ1n) is 9.66. The number of hydrogen-bond donors (Lipinski definition) is 1. The average molecular weight is 359 g/mol.